The molecule has 0 aromatic heterocycles. The molecule has 0 saturated heterocycles. The minimum Gasteiger partial charge on any atom is -0.380 e. The molecule has 0 aliphatic carbocycles. The highest BCUT2D eigenvalue weighted by Crippen LogP contribution is 2.23. The smallest absolute Gasteiger partial charge is 0.380 e. The van der Waals surface area contributed by atoms with Crippen LogP contribution in [0.25, 0.3) is 16.8 Å². The van der Waals surface area contributed by atoms with Gasteiger partial charge in [-0.25, -0.2) is 0 Å². The average molecular weight is 252 g/mol. The highest BCUT2D eigenvalue weighted by Gasteiger charge is 2.36. The molecule has 0 saturated carbocycles. The van der Waals surface area contributed by atoms with E-state index >= 15 is 0 Å². The Hall–Kier alpha value is -1.81. The van der Waals surface area contributed by atoms with Gasteiger partial charge in [0.15, 0.2) is 6.10 Å². The lowest BCUT2D eigenvalue weighted by Gasteiger charge is -2.10. The van der Waals surface area contributed by atoms with E-state index in [1.54, 1.807) is 12.1 Å². The fraction of sp³-hybridized carbons (Fsp3) is 0.143. The lowest BCUT2D eigenvalue weighted by molar-refractivity contribution is -0.187. The van der Waals surface area contributed by atoms with Crippen LogP contribution in [0.15, 0.2) is 48.5 Å². The summed E-state index contributed by atoms with van der Waals surface area (Å²) in [6.07, 6.45) is -5.01. The molecule has 2 aromatic rings. The van der Waals surface area contributed by atoms with Gasteiger partial charge in [-0.05, 0) is 22.4 Å². The maximum atomic E-state index is 12.2. The van der Waals surface area contributed by atoms with Crippen molar-refractivity contribution >= 4 is 16.8 Å². The van der Waals surface area contributed by atoms with Gasteiger partial charge in [0.2, 0.25) is 0 Å². The first-order valence-corrected chi connectivity index (χ1v) is 5.39. The molecular formula is C14H11F3O. The van der Waals surface area contributed by atoms with Crippen LogP contribution in [-0.2, 0) is 0 Å². The van der Waals surface area contributed by atoms with Gasteiger partial charge in [0, 0.05) is 0 Å². The molecule has 4 heteroatoms. The second kappa shape index (κ2) is 4.82. The van der Waals surface area contributed by atoms with Gasteiger partial charge < -0.3 is 5.11 Å². The Morgan fingerprint density at radius 2 is 1.67 bits per heavy atom. The zero-order valence-corrected chi connectivity index (χ0v) is 9.35. The van der Waals surface area contributed by atoms with Crippen LogP contribution in [0.4, 0.5) is 13.2 Å². The molecule has 0 aliphatic rings. The van der Waals surface area contributed by atoms with Gasteiger partial charge in [-0.15, -0.1) is 0 Å². The van der Waals surface area contributed by atoms with Gasteiger partial charge in [-0.2, -0.15) is 13.2 Å². The molecule has 0 bridgehead atoms. The number of hydrogen-bond donors (Lipinski definition) is 1. The Bertz CT molecular complexity index is 567. The van der Waals surface area contributed by atoms with Crippen molar-refractivity contribution in [1.82, 2.24) is 0 Å². The molecule has 0 aliphatic heterocycles. The minimum absolute atomic E-state index is 0.649. The minimum atomic E-state index is -4.62. The maximum absolute atomic E-state index is 12.2. The molecule has 0 spiro atoms. The van der Waals surface area contributed by atoms with Crippen molar-refractivity contribution in [3.63, 3.8) is 0 Å². The summed E-state index contributed by atoms with van der Waals surface area (Å²) in [5.41, 5.74) is 0.649. The number of halogens is 3. The first kappa shape index (κ1) is 12.6. The predicted molar refractivity (Wildman–Crippen MR) is 65.0 cm³/mol. The summed E-state index contributed by atoms with van der Waals surface area (Å²) >= 11 is 0. The summed E-state index contributed by atoms with van der Waals surface area (Å²) in [6.45, 7) is 0. The lowest BCUT2D eigenvalue weighted by Crippen LogP contribution is -2.25. The Labute approximate surface area is 102 Å². The van der Waals surface area contributed by atoms with Gasteiger partial charge in [0.05, 0.1) is 0 Å². The molecule has 1 N–H and O–H groups in total. The van der Waals surface area contributed by atoms with Gasteiger partial charge in [0.25, 0.3) is 0 Å². The van der Waals surface area contributed by atoms with Crippen LogP contribution < -0.4 is 0 Å². The SMILES string of the molecule is OC(/C=C/c1cccc2ccccc12)C(F)(F)F. The van der Waals surface area contributed by atoms with Crippen LogP contribution >= 0.6 is 0 Å². The third-order valence-corrected chi connectivity index (χ3v) is 2.62. The van der Waals surface area contributed by atoms with Crippen LogP contribution in [0.1, 0.15) is 5.56 Å². The van der Waals surface area contributed by atoms with Crippen molar-refractivity contribution in [2.45, 2.75) is 12.3 Å². The normalized spacial score (nSPS) is 14.2. The van der Waals surface area contributed by atoms with E-state index in [0.717, 1.165) is 16.8 Å². The number of rotatable bonds is 2. The Kier molecular flexibility index (Phi) is 3.39. The topological polar surface area (TPSA) is 20.2 Å². The monoisotopic (exact) mass is 252 g/mol. The molecule has 0 amide bonds. The standard InChI is InChI=1S/C14H11F3O/c15-14(16,17)13(18)9-8-11-6-3-5-10-4-1-2-7-12(10)11/h1-9,13,18H/b9-8+. The maximum Gasteiger partial charge on any atom is 0.417 e. The lowest BCUT2D eigenvalue weighted by atomic mass is 10.0. The molecule has 0 fully saturated rings. The molecule has 1 nitrogen and oxygen atoms in total. The molecule has 94 valence electrons. The van der Waals surface area contributed by atoms with Crippen molar-refractivity contribution in [1.29, 1.82) is 0 Å². The van der Waals surface area contributed by atoms with E-state index in [-0.39, 0.29) is 0 Å². The molecule has 18 heavy (non-hydrogen) atoms. The second-order valence-electron chi connectivity index (χ2n) is 3.91. The molecule has 0 radical (unpaired) electrons. The van der Waals surface area contributed by atoms with Gasteiger partial charge >= 0.3 is 6.18 Å². The van der Waals surface area contributed by atoms with E-state index in [0.29, 0.717) is 5.56 Å². The summed E-state index contributed by atoms with van der Waals surface area (Å²) in [6, 6.07) is 12.7. The Morgan fingerprint density at radius 1 is 1.00 bits per heavy atom. The first-order chi connectivity index (χ1) is 8.48. The third kappa shape index (κ3) is 2.71. The largest absolute Gasteiger partial charge is 0.417 e. The van der Waals surface area contributed by atoms with Crippen molar-refractivity contribution < 1.29 is 18.3 Å². The van der Waals surface area contributed by atoms with E-state index in [2.05, 4.69) is 0 Å². The Balaban J connectivity index is 2.35. The summed E-state index contributed by atoms with van der Waals surface area (Å²) < 4.78 is 36.5. The third-order valence-electron chi connectivity index (χ3n) is 2.62. The Morgan fingerprint density at radius 3 is 2.39 bits per heavy atom. The van der Waals surface area contributed by atoms with Crippen LogP contribution in [0.2, 0.25) is 0 Å². The number of aliphatic hydroxyl groups excluding tert-OH is 1. The quantitative estimate of drug-likeness (QED) is 0.862. The summed E-state index contributed by atoms with van der Waals surface area (Å²) in [7, 11) is 0. The van der Waals surface area contributed by atoms with E-state index in [4.69, 9.17) is 5.11 Å². The van der Waals surface area contributed by atoms with E-state index < -0.39 is 12.3 Å². The zero-order chi connectivity index (χ0) is 13.2. The van der Waals surface area contributed by atoms with Crippen molar-refractivity contribution in [3.8, 4) is 0 Å². The number of alkyl halides is 3. The zero-order valence-electron chi connectivity index (χ0n) is 9.35. The number of aliphatic hydroxyl groups is 1. The summed E-state index contributed by atoms with van der Waals surface area (Å²) in [4.78, 5) is 0. The van der Waals surface area contributed by atoms with Gasteiger partial charge in [-0.1, -0.05) is 48.5 Å². The van der Waals surface area contributed by atoms with Crippen molar-refractivity contribution in [2.24, 2.45) is 0 Å². The fourth-order valence-electron chi connectivity index (χ4n) is 1.70. The molecule has 2 aromatic carbocycles. The number of fused-ring (bicyclic) bond motifs is 1. The predicted octanol–water partition coefficient (Wildman–Crippen LogP) is 3.78. The van der Waals surface area contributed by atoms with Crippen LogP contribution in [0.3, 0.4) is 0 Å². The van der Waals surface area contributed by atoms with Gasteiger partial charge in [-0.3, -0.25) is 0 Å². The van der Waals surface area contributed by atoms with Crippen molar-refractivity contribution in [2.75, 3.05) is 0 Å². The van der Waals surface area contributed by atoms with Crippen LogP contribution in [-0.4, -0.2) is 17.4 Å². The highest BCUT2D eigenvalue weighted by atomic mass is 19.4. The van der Waals surface area contributed by atoms with Gasteiger partial charge in [0.1, 0.15) is 0 Å². The highest BCUT2D eigenvalue weighted by molar-refractivity contribution is 5.90. The fourth-order valence-corrected chi connectivity index (χ4v) is 1.70. The van der Waals surface area contributed by atoms with E-state index in [1.807, 2.05) is 30.3 Å². The van der Waals surface area contributed by atoms with E-state index in [9.17, 15) is 13.2 Å². The molecule has 0 heterocycles. The van der Waals surface area contributed by atoms with E-state index in [1.165, 1.54) is 6.08 Å². The molecule has 2 rings (SSSR count). The first-order valence-electron chi connectivity index (χ1n) is 5.39. The van der Waals surface area contributed by atoms with Crippen LogP contribution in [0.5, 0.6) is 0 Å². The number of hydrogen-bond acceptors (Lipinski definition) is 1. The van der Waals surface area contributed by atoms with Crippen molar-refractivity contribution in [3.05, 3.63) is 54.1 Å². The second-order valence-corrected chi connectivity index (χ2v) is 3.91. The molecule has 1 unspecified atom stereocenters. The summed E-state index contributed by atoms with van der Waals surface area (Å²) in [5, 5.41) is 10.7. The molecular weight excluding hydrogens is 241 g/mol. The number of benzene rings is 2. The molecule has 1 atom stereocenters. The average Bonchev–Trinajstić information content (AvgIpc) is 2.34. The van der Waals surface area contributed by atoms with Crippen LogP contribution in [0, 0.1) is 0 Å². The summed E-state index contributed by atoms with van der Waals surface area (Å²) in [5.74, 6) is 0.